The zero-order valence-electron chi connectivity index (χ0n) is 15.5. The van der Waals surface area contributed by atoms with Gasteiger partial charge >= 0.3 is 0 Å². The number of nitrogens with zero attached hydrogens (tertiary/aromatic N) is 1. The van der Waals surface area contributed by atoms with Crippen molar-refractivity contribution >= 4 is 10.9 Å². The van der Waals surface area contributed by atoms with Crippen LogP contribution in [0.1, 0.15) is 35.6 Å². The Bertz CT molecular complexity index is 847. The average Bonchev–Trinajstić information content (AvgIpc) is 3.07. The fraction of sp³-hybridized carbons (Fsp3) is 0.391. The molecule has 0 amide bonds. The Balaban J connectivity index is 1.34. The first-order chi connectivity index (χ1) is 12.7. The van der Waals surface area contributed by atoms with Crippen LogP contribution >= 0.6 is 0 Å². The molecule has 136 valence electrons. The van der Waals surface area contributed by atoms with E-state index in [1.807, 2.05) is 6.20 Å². The Morgan fingerprint density at radius 2 is 1.88 bits per heavy atom. The van der Waals surface area contributed by atoms with Gasteiger partial charge in [-0.1, -0.05) is 42.0 Å². The van der Waals surface area contributed by atoms with Gasteiger partial charge in [-0.15, -0.1) is 0 Å². The highest BCUT2D eigenvalue weighted by Crippen LogP contribution is 2.28. The zero-order chi connectivity index (χ0) is 17.9. The van der Waals surface area contributed by atoms with E-state index in [0.29, 0.717) is 0 Å². The summed E-state index contributed by atoms with van der Waals surface area (Å²) in [7, 11) is 0. The number of aromatic amines is 1. The number of aliphatic hydroxyl groups is 1. The number of aromatic nitrogens is 1. The van der Waals surface area contributed by atoms with Crippen molar-refractivity contribution in [3.8, 4) is 0 Å². The number of hydrogen-bond donors (Lipinski definition) is 2. The molecule has 1 fully saturated rings. The molecular weight excluding hydrogens is 320 g/mol. The molecule has 1 aliphatic rings. The monoisotopic (exact) mass is 348 g/mol. The molecule has 0 bridgehead atoms. The van der Waals surface area contributed by atoms with Crippen LogP contribution in [0.5, 0.6) is 0 Å². The molecule has 2 aromatic carbocycles. The van der Waals surface area contributed by atoms with Crippen molar-refractivity contribution in [2.24, 2.45) is 5.92 Å². The Morgan fingerprint density at radius 1 is 1.12 bits per heavy atom. The normalized spacial score (nSPS) is 17.6. The number of H-pyrrole nitrogens is 1. The first kappa shape index (κ1) is 17.3. The van der Waals surface area contributed by atoms with Crippen LogP contribution in [-0.2, 0) is 6.42 Å². The minimum atomic E-state index is -0.434. The summed E-state index contributed by atoms with van der Waals surface area (Å²) in [4.78, 5) is 5.71. The quantitative estimate of drug-likeness (QED) is 0.714. The van der Waals surface area contributed by atoms with E-state index in [9.17, 15) is 5.11 Å². The standard InChI is InChI=1S/C23H28N2O/c1-17-7-8-22-20(13-17)21(15-24-22)23(26)16-25-11-9-19(10-12-25)14-18-5-3-2-4-6-18/h2-8,13,15,19,23-24,26H,9-12,14,16H2,1H3. The number of aliphatic hydroxyl groups excluding tert-OH is 1. The van der Waals surface area contributed by atoms with Crippen molar-refractivity contribution in [3.05, 3.63) is 71.4 Å². The molecule has 1 aromatic heterocycles. The maximum atomic E-state index is 10.8. The molecule has 0 aliphatic carbocycles. The lowest BCUT2D eigenvalue weighted by molar-refractivity contribution is 0.0901. The van der Waals surface area contributed by atoms with Gasteiger partial charge in [0.05, 0.1) is 6.10 Å². The number of β-amino-alcohol motifs (C(OH)–C–C–N with tert-alkyl or cyclic N) is 1. The number of aryl methyl sites for hydroxylation is 1. The van der Waals surface area contributed by atoms with Crippen LogP contribution in [0.3, 0.4) is 0 Å². The lowest BCUT2D eigenvalue weighted by Crippen LogP contribution is -2.37. The number of hydrogen-bond acceptors (Lipinski definition) is 2. The van der Waals surface area contributed by atoms with Gasteiger partial charge in [-0.3, -0.25) is 0 Å². The summed E-state index contributed by atoms with van der Waals surface area (Å²) in [5, 5.41) is 11.9. The number of piperidine rings is 1. The Morgan fingerprint density at radius 3 is 2.65 bits per heavy atom. The maximum Gasteiger partial charge on any atom is 0.0937 e. The molecule has 26 heavy (non-hydrogen) atoms. The van der Waals surface area contributed by atoms with Crippen LogP contribution in [-0.4, -0.2) is 34.6 Å². The minimum absolute atomic E-state index is 0.434. The molecule has 4 rings (SSSR count). The first-order valence-electron chi connectivity index (χ1n) is 9.71. The number of rotatable bonds is 5. The molecule has 3 aromatic rings. The Kier molecular flexibility index (Phi) is 5.09. The van der Waals surface area contributed by atoms with Gasteiger partial charge in [0.1, 0.15) is 0 Å². The molecule has 2 N–H and O–H groups in total. The second kappa shape index (κ2) is 7.65. The van der Waals surface area contributed by atoms with Crippen LogP contribution in [0.25, 0.3) is 10.9 Å². The van der Waals surface area contributed by atoms with Gasteiger partial charge in [0, 0.05) is 29.2 Å². The molecule has 1 unspecified atom stereocenters. The van der Waals surface area contributed by atoms with Gasteiger partial charge in [0.2, 0.25) is 0 Å². The number of fused-ring (bicyclic) bond motifs is 1. The molecule has 1 aliphatic heterocycles. The fourth-order valence-electron chi connectivity index (χ4n) is 4.20. The predicted octanol–water partition coefficient (Wildman–Crippen LogP) is 4.46. The predicted molar refractivity (Wildman–Crippen MR) is 107 cm³/mol. The summed E-state index contributed by atoms with van der Waals surface area (Å²) >= 11 is 0. The van der Waals surface area contributed by atoms with E-state index in [-0.39, 0.29) is 0 Å². The van der Waals surface area contributed by atoms with Crippen molar-refractivity contribution in [1.29, 1.82) is 0 Å². The Labute approximate surface area is 155 Å². The summed E-state index contributed by atoms with van der Waals surface area (Å²) in [6.07, 6.45) is 5.15. The maximum absolute atomic E-state index is 10.8. The van der Waals surface area contributed by atoms with Crippen molar-refractivity contribution < 1.29 is 5.11 Å². The van der Waals surface area contributed by atoms with E-state index in [1.165, 1.54) is 30.4 Å². The van der Waals surface area contributed by atoms with Gasteiger partial charge in [0.25, 0.3) is 0 Å². The molecule has 1 atom stereocenters. The topological polar surface area (TPSA) is 39.3 Å². The third-order valence-electron chi connectivity index (χ3n) is 5.73. The highest BCUT2D eigenvalue weighted by atomic mass is 16.3. The van der Waals surface area contributed by atoms with Gasteiger partial charge in [0.15, 0.2) is 0 Å². The summed E-state index contributed by atoms with van der Waals surface area (Å²) in [6.45, 7) is 4.98. The van der Waals surface area contributed by atoms with E-state index in [0.717, 1.165) is 42.0 Å². The second-order valence-electron chi connectivity index (χ2n) is 7.74. The van der Waals surface area contributed by atoms with Crippen molar-refractivity contribution in [2.45, 2.75) is 32.3 Å². The molecule has 1 saturated heterocycles. The van der Waals surface area contributed by atoms with Crippen molar-refractivity contribution in [3.63, 3.8) is 0 Å². The highest BCUT2D eigenvalue weighted by molar-refractivity contribution is 5.84. The van der Waals surface area contributed by atoms with E-state index < -0.39 is 6.10 Å². The number of nitrogens with one attached hydrogen (secondary N) is 1. The molecule has 3 nitrogen and oxygen atoms in total. The summed E-state index contributed by atoms with van der Waals surface area (Å²) in [5.74, 6) is 0.765. The minimum Gasteiger partial charge on any atom is -0.387 e. The largest absolute Gasteiger partial charge is 0.387 e. The van der Waals surface area contributed by atoms with E-state index in [1.54, 1.807) is 0 Å². The molecule has 0 spiro atoms. The highest BCUT2D eigenvalue weighted by Gasteiger charge is 2.23. The van der Waals surface area contributed by atoms with Gasteiger partial charge in [-0.05, 0) is 62.9 Å². The van der Waals surface area contributed by atoms with E-state index >= 15 is 0 Å². The van der Waals surface area contributed by atoms with Crippen LogP contribution < -0.4 is 0 Å². The fourth-order valence-corrected chi connectivity index (χ4v) is 4.20. The van der Waals surface area contributed by atoms with Crippen molar-refractivity contribution in [2.75, 3.05) is 19.6 Å². The SMILES string of the molecule is Cc1ccc2[nH]cc(C(O)CN3CCC(Cc4ccccc4)CC3)c2c1. The van der Waals surface area contributed by atoms with Gasteiger partial charge in [-0.2, -0.15) is 0 Å². The smallest absolute Gasteiger partial charge is 0.0937 e. The molecular formula is C23H28N2O. The van der Waals surface area contributed by atoms with Gasteiger partial charge < -0.3 is 15.0 Å². The molecule has 3 heteroatoms. The van der Waals surface area contributed by atoms with Crippen molar-refractivity contribution in [1.82, 2.24) is 9.88 Å². The number of benzene rings is 2. The third-order valence-corrected chi connectivity index (χ3v) is 5.73. The van der Waals surface area contributed by atoms with Crippen LogP contribution in [0.2, 0.25) is 0 Å². The van der Waals surface area contributed by atoms with Crippen LogP contribution in [0.4, 0.5) is 0 Å². The molecule has 0 radical (unpaired) electrons. The van der Waals surface area contributed by atoms with Gasteiger partial charge in [-0.25, -0.2) is 0 Å². The van der Waals surface area contributed by atoms with Crippen LogP contribution in [0, 0.1) is 12.8 Å². The van der Waals surface area contributed by atoms with E-state index in [4.69, 9.17) is 0 Å². The van der Waals surface area contributed by atoms with Crippen LogP contribution in [0.15, 0.2) is 54.7 Å². The summed E-state index contributed by atoms with van der Waals surface area (Å²) in [6, 6.07) is 17.2. The summed E-state index contributed by atoms with van der Waals surface area (Å²) < 4.78 is 0. The average molecular weight is 348 g/mol. The molecule has 2 heterocycles. The second-order valence-corrected chi connectivity index (χ2v) is 7.74. The number of likely N-dealkylation sites (tertiary alicyclic amines) is 1. The third kappa shape index (κ3) is 3.84. The lowest BCUT2D eigenvalue weighted by Gasteiger charge is -2.33. The lowest BCUT2D eigenvalue weighted by atomic mass is 9.90. The Hall–Kier alpha value is -2.10. The zero-order valence-corrected chi connectivity index (χ0v) is 15.5. The van der Waals surface area contributed by atoms with E-state index in [2.05, 4.69) is 65.3 Å². The summed E-state index contributed by atoms with van der Waals surface area (Å²) in [5.41, 5.74) is 4.80. The molecule has 0 saturated carbocycles. The first-order valence-corrected chi connectivity index (χ1v) is 9.71.